The molecule has 21 heavy (non-hydrogen) atoms. The molecule has 1 aromatic heterocycles. The number of aliphatic imine (C=N–C) groups is 1. The summed E-state index contributed by atoms with van der Waals surface area (Å²) in [5.41, 5.74) is 3.89. The quantitative estimate of drug-likeness (QED) is 0.790. The molecule has 0 spiro atoms. The first-order chi connectivity index (χ1) is 10.1. The van der Waals surface area contributed by atoms with Crippen LogP contribution in [0.25, 0.3) is 0 Å². The Labute approximate surface area is 125 Å². The number of allylic oxidation sites excluding steroid dienone is 2. The fraction of sp³-hybridized carbons (Fsp3) is 0.278. The van der Waals surface area contributed by atoms with Gasteiger partial charge in [0.05, 0.1) is 12.8 Å². The SMILES string of the molecule is CN1/C(=C/C=NCc2ccco2)C(C)(C)c2ccccc21. The van der Waals surface area contributed by atoms with Gasteiger partial charge in [0.1, 0.15) is 5.76 Å². The van der Waals surface area contributed by atoms with E-state index in [1.165, 1.54) is 16.9 Å². The molecule has 0 fully saturated rings. The van der Waals surface area contributed by atoms with E-state index in [-0.39, 0.29) is 5.41 Å². The largest absolute Gasteiger partial charge is 0.467 e. The molecule has 2 heterocycles. The van der Waals surface area contributed by atoms with Crippen LogP contribution in [0.15, 0.2) is 63.8 Å². The monoisotopic (exact) mass is 280 g/mol. The Morgan fingerprint density at radius 2 is 2.00 bits per heavy atom. The van der Waals surface area contributed by atoms with E-state index in [2.05, 4.69) is 61.1 Å². The number of rotatable bonds is 3. The van der Waals surface area contributed by atoms with E-state index in [1.807, 2.05) is 18.3 Å². The third-order valence-electron chi connectivity index (χ3n) is 4.11. The average Bonchev–Trinajstić information content (AvgIpc) is 3.05. The number of likely N-dealkylation sites (N-methyl/N-ethyl adjacent to an activating group) is 1. The molecular weight excluding hydrogens is 260 g/mol. The molecular formula is C18H20N2O. The number of nitrogens with zero attached hydrogens (tertiary/aromatic N) is 2. The molecule has 0 aliphatic carbocycles. The van der Waals surface area contributed by atoms with Crippen LogP contribution in [0.3, 0.4) is 0 Å². The predicted molar refractivity (Wildman–Crippen MR) is 86.9 cm³/mol. The Morgan fingerprint density at radius 3 is 2.71 bits per heavy atom. The number of hydrogen-bond donors (Lipinski definition) is 0. The minimum absolute atomic E-state index is 0.00203. The lowest BCUT2D eigenvalue weighted by molar-refractivity contribution is 0.513. The molecule has 1 aromatic carbocycles. The molecule has 2 aromatic rings. The molecule has 0 amide bonds. The average molecular weight is 280 g/mol. The summed E-state index contributed by atoms with van der Waals surface area (Å²) in [6, 6.07) is 12.4. The van der Waals surface area contributed by atoms with Crippen LogP contribution in [0.1, 0.15) is 25.2 Å². The molecule has 3 heteroatoms. The van der Waals surface area contributed by atoms with Gasteiger partial charge in [-0.2, -0.15) is 0 Å². The van der Waals surface area contributed by atoms with Crippen LogP contribution < -0.4 is 4.90 Å². The highest BCUT2D eigenvalue weighted by atomic mass is 16.3. The Hall–Kier alpha value is -2.29. The molecule has 1 aliphatic rings. The van der Waals surface area contributed by atoms with Gasteiger partial charge in [0, 0.05) is 30.1 Å². The number of benzene rings is 1. The van der Waals surface area contributed by atoms with Crippen LogP contribution in [0.2, 0.25) is 0 Å². The van der Waals surface area contributed by atoms with Gasteiger partial charge in [-0.25, -0.2) is 0 Å². The highest BCUT2D eigenvalue weighted by Gasteiger charge is 2.37. The normalized spacial score (nSPS) is 18.6. The van der Waals surface area contributed by atoms with E-state index in [0.717, 1.165) is 5.76 Å². The van der Waals surface area contributed by atoms with Crippen molar-refractivity contribution in [1.29, 1.82) is 0 Å². The first kappa shape index (κ1) is 13.7. The van der Waals surface area contributed by atoms with Gasteiger partial charge in [0.15, 0.2) is 0 Å². The van der Waals surface area contributed by atoms with Crippen LogP contribution in [0, 0.1) is 0 Å². The van der Waals surface area contributed by atoms with Crippen molar-refractivity contribution in [3.05, 3.63) is 65.8 Å². The summed E-state index contributed by atoms with van der Waals surface area (Å²) in [4.78, 5) is 6.66. The van der Waals surface area contributed by atoms with Crippen LogP contribution >= 0.6 is 0 Å². The first-order valence-electron chi connectivity index (χ1n) is 7.17. The first-order valence-corrected chi connectivity index (χ1v) is 7.17. The van der Waals surface area contributed by atoms with Gasteiger partial charge >= 0.3 is 0 Å². The Morgan fingerprint density at radius 1 is 1.19 bits per heavy atom. The van der Waals surface area contributed by atoms with Crippen LogP contribution in [0.5, 0.6) is 0 Å². The summed E-state index contributed by atoms with van der Waals surface area (Å²) >= 11 is 0. The fourth-order valence-electron chi connectivity index (χ4n) is 2.97. The molecule has 1 aliphatic heterocycles. The molecule has 108 valence electrons. The van der Waals surface area contributed by atoms with Crippen molar-refractivity contribution in [2.45, 2.75) is 25.8 Å². The lowest BCUT2D eigenvalue weighted by atomic mass is 9.84. The van der Waals surface area contributed by atoms with Crippen LogP contribution in [0.4, 0.5) is 5.69 Å². The van der Waals surface area contributed by atoms with Crippen molar-refractivity contribution in [3.8, 4) is 0 Å². The summed E-state index contributed by atoms with van der Waals surface area (Å²) in [6.45, 7) is 5.08. The lowest BCUT2D eigenvalue weighted by Gasteiger charge is -2.23. The minimum Gasteiger partial charge on any atom is -0.467 e. The Kier molecular flexibility index (Phi) is 3.42. The van der Waals surface area contributed by atoms with Crippen molar-refractivity contribution >= 4 is 11.9 Å². The topological polar surface area (TPSA) is 28.7 Å². The van der Waals surface area contributed by atoms with E-state index in [0.29, 0.717) is 6.54 Å². The third-order valence-corrected chi connectivity index (χ3v) is 4.11. The van der Waals surface area contributed by atoms with Gasteiger partial charge in [-0.3, -0.25) is 4.99 Å². The second kappa shape index (κ2) is 5.24. The predicted octanol–water partition coefficient (Wildman–Crippen LogP) is 4.16. The highest BCUT2D eigenvalue weighted by Crippen LogP contribution is 2.46. The zero-order valence-corrected chi connectivity index (χ0v) is 12.7. The third kappa shape index (κ3) is 2.40. The summed E-state index contributed by atoms with van der Waals surface area (Å²) in [5.74, 6) is 0.881. The van der Waals surface area contributed by atoms with Crippen molar-refractivity contribution < 1.29 is 4.42 Å². The summed E-state index contributed by atoms with van der Waals surface area (Å²) in [7, 11) is 2.11. The maximum atomic E-state index is 5.27. The Balaban J connectivity index is 1.82. The van der Waals surface area contributed by atoms with Gasteiger partial charge in [-0.1, -0.05) is 32.0 Å². The second-order valence-electron chi connectivity index (χ2n) is 5.82. The van der Waals surface area contributed by atoms with Gasteiger partial charge < -0.3 is 9.32 Å². The number of para-hydroxylation sites is 1. The molecule has 0 bridgehead atoms. The standard InChI is InChI=1S/C18H20N2O/c1-18(2)15-8-4-5-9-16(15)20(3)17(18)10-11-19-13-14-7-6-12-21-14/h4-12H,13H2,1-3H3/b17-10+,19-11?. The molecule has 0 atom stereocenters. The van der Waals surface area contributed by atoms with Gasteiger partial charge in [-0.05, 0) is 29.8 Å². The second-order valence-corrected chi connectivity index (χ2v) is 5.82. The van der Waals surface area contributed by atoms with E-state index < -0.39 is 0 Å². The number of fused-ring (bicyclic) bond motifs is 1. The van der Waals surface area contributed by atoms with Gasteiger partial charge in [-0.15, -0.1) is 0 Å². The van der Waals surface area contributed by atoms with Crippen molar-refractivity contribution in [2.24, 2.45) is 4.99 Å². The Bertz CT molecular complexity index is 681. The molecule has 0 saturated carbocycles. The molecule has 0 radical (unpaired) electrons. The maximum absolute atomic E-state index is 5.27. The van der Waals surface area contributed by atoms with E-state index in [4.69, 9.17) is 4.42 Å². The number of hydrogen-bond acceptors (Lipinski definition) is 3. The zero-order chi connectivity index (χ0) is 14.9. The zero-order valence-electron chi connectivity index (χ0n) is 12.7. The smallest absolute Gasteiger partial charge is 0.125 e. The molecule has 0 N–H and O–H groups in total. The van der Waals surface area contributed by atoms with Crippen molar-refractivity contribution in [2.75, 3.05) is 11.9 Å². The van der Waals surface area contributed by atoms with Crippen LogP contribution in [-0.4, -0.2) is 13.3 Å². The van der Waals surface area contributed by atoms with Crippen LogP contribution in [-0.2, 0) is 12.0 Å². The molecule has 0 saturated heterocycles. The van der Waals surface area contributed by atoms with E-state index in [9.17, 15) is 0 Å². The molecule has 0 unspecified atom stereocenters. The fourth-order valence-corrected chi connectivity index (χ4v) is 2.97. The molecule has 3 rings (SSSR count). The van der Waals surface area contributed by atoms with Crippen molar-refractivity contribution in [3.63, 3.8) is 0 Å². The minimum atomic E-state index is 0.00203. The summed E-state index contributed by atoms with van der Waals surface area (Å²) < 4.78 is 5.27. The van der Waals surface area contributed by atoms with E-state index in [1.54, 1.807) is 6.26 Å². The van der Waals surface area contributed by atoms with Crippen molar-refractivity contribution in [1.82, 2.24) is 0 Å². The summed E-state index contributed by atoms with van der Waals surface area (Å²) in [5, 5.41) is 0. The summed E-state index contributed by atoms with van der Waals surface area (Å²) in [6.07, 6.45) is 5.65. The highest BCUT2D eigenvalue weighted by molar-refractivity contribution is 5.79. The number of furan rings is 1. The van der Waals surface area contributed by atoms with Gasteiger partial charge in [0.2, 0.25) is 0 Å². The van der Waals surface area contributed by atoms with E-state index >= 15 is 0 Å². The number of anilines is 1. The van der Waals surface area contributed by atoms with Gasteiger partial charge in [0.25, 0.3) is 0 Å². The maximum Gasteiger partial charge on any atom is 0.125 e. The lowest BCUT2D eigenvalue weighted by Crippen LogP contribution is -2.23. The molecule has 3 nitrogen and oxygen atoms in total.